The van der Waals surface area contributed by atoms with E-state index in [9.17, 15) is 9.18 Å². The largest absolute Gasteiger partial charge is 0.357 e. The molecule has 1 aromatic heterocycles. The fourth-order valence-electron chi connectivity index (χ4n) is 1.66. The Hall–Kier alpha value is -1.92. The van der Waals surface area contributed by atoms with Crippen molar-refractivity contribution in [2.75, 3.05) is 24.2 Å². The Morgan fingerprint density at radius 2 is 2.41 bits per heavy atom. The van der Waals surface area contributed by atoms with Gasteiger partial charge >= 0.3 is 0 Å². The van der Waals surface area contributed by atoms with Gasteiger partial charge in [0.15, 0.2) is 11.6 Å². The molecule has 1 aliphatic heterocycles. The molecular weight excluding hydrogens is 225 g/mol. The summed E-state index contributed by atoms with van der Waals surface area (Å²) in [5, 5.41) is 8.23. The number of carbonyl (C=O) groups is 1. The van der Waals surface area contributed by atoms with Crippen LogP contribution >= 0.6 is 0 Å². The third-order valence-corrected chi connectivity index (χ3v) is 2.56. The summed E-state index contributed by atoms with van der Waals surface area (Å²) in [6.07, 6.45) is 2.61. The molecular formula is C10H14FN5O. The van der Waals surface area contributed by atoms with Gasteiger partial charge in [-0.05, 0) is 12.8 Å². The van der Waals surface area contributed by atoms with Crippen LogP contribution in [0.2, 0.25) is 0 Å². The Bertz CT molecular complexity index is 425. The van der Waals surface area contributed by atoms with Crippen LogP contribution in [0.1, 0.15) is 12.8 Å². The average Bonchev–Trinajstić information content (AvgIpc) is 2.35. The SMILES string of the molecule is CNc1ncc(F)c(NC2CCCNC2=O)n1. The van der Waals surface area contributed by atoms with Crippen molar-refractivity contribution < 1.29 is 9.18 Å². The van der Waals surface area contributed by atoms with Crippen molar-refractivity contribution >= 4 is 17.7 Å². The monoisotopic (exact) mass is 239 g/mol. The molecule has 92 valence electrons. The number of anilines is 2. The zero-order valence-corrected chi connectivity index (χ0v) is 9.46. The normalized spacial score (nSPS) is 19.6. The van der Waals surface area contributed by atoms with Gasteiger partial charge in [0, 0.05) is 13.6 Å². The third kappa shape index (κ3) is 2.61. The van der Waals surface area contributed by atoms with Crippen molar-refractivity contribution in [1.29, 1.82) is 0 Å². The number of halogens is 1. The van der Waals surface area contributed by atoms with E-state index >= 15 is 0 Å². The molecule has 1 atom stereocenters. The number of hydrogen-bond donors (Lipinski definition) is 3. The number of carbonyl (C=O) groups excluding carboxylic acids is 1. The summed E-state index contributed by atoms with van der Waals surface area (Å²) < 4.78 is 13.4. The second kappa shape index (κ2) is 4.94. The molecule has 17 heavy (non-hydrogen) atoms. The fraction of sp³-hybridized carbons (Fsp3) is 0.500. The smallest absolute Gasteiger partial charge is 0.242 e. The molecule has 1 amide bonds. The summed E-state index contributed by atoms with van der Waals surface area (Å²) >= 11 is 0. The highest BCUT2D eigenvalue weighted by atomic mass is 19.1. The summed E-state index contributed by atoms with van der Waals surface area (Å²) in [5.41, 5.74) is 0. The standard InChI is InChI=1S/C10H14FN5O/c1-12-10-14-5-6(11)8(16-10)15-7-3-2-4-13-9(7)17/h5,7H,2-4H2,1H3,(H,13,17)(H2,12,14,15,16). The molecule has 7 heteroatoms. The lowest BCUT2D eigenvalue weighted by Crippen LogP contribution is -2.44. The Morgan fingerprint density at radius 1 is 1.59 bits per heavy atom. The van der Waals surface area contributed by atoms with Crippen molar-refractivity contribution in [1.82, 2.24) is 15.3 Å². The molecule has 1 saturated heterocycles. The maximum absolute atomic E-state index is 13.4. The van der Waals surface area contributed by atoms with Crippen molar-refractivity contribution in [2.45, 2.75) is 18.9 Å². The summed E-state index contributed by atoms with van der Waals surface area (Å²) in [7, 11) is 1.64. The van der Waals surface area contributed by atoms with Gasteiger partial charge in [0.1, 0.15) is 6.04 Å². The van der Waals surface area contributed by atoms with E-state index in [1.807, 2.05) is 0 Å². The Morgan fingerprint density at radius 3 is 3.12 bits per heavy atom. The first-order valence-corrected chi connectivity index (χ1v) is 5.45. The van der Waals surface area contributed by atoms with Gasteiger partial charge < -0.3 is 16.0 Å². The number of piperidine rings is 1. The minimum atomic E-state index is -0.567. The van der Waals surface area contributed by atoms with Crippen LogP contribution in [-0.2, 0) is 4.79 Å². The molecule has 1 unspecified atom stereocenters. The third-order valence-electron chi connectivity index (χ3n) is 2.56. The highest BCUT2D eigenvalue weighted by molar-refractivity contribution is 5.85. The van der Waals surface area contributed by atoms with Gasteiger partial charge in [-0.2, -0.15) is 4.98 Å². The maximum atomic E-state index is 13.4. The van der Waals surface area contributed by atoms with Gasteiger partial charge in [-0.15, -0.1) is 0 Å². The minimum absolute atomic E-state index is 0.0476. The Labute approximate surface area is 98.0 Å². The quantitative estimate of drug-likeness (QED) is 0.709. The van der Waals surface area contributed by atoms with Crippen LogP contribution in [-0.4, -0.2) is 35.5 Å². The second-order valence-electron chi connectivity index (χ2n) is 3.77. The molecule has 2 rings (SSSR count). The van der Waals surface area contributed by atoms with Gasteiger partial charge in [-0.25, -0.2) is 9.37 Å². The van der Waals surface area contributed by atoms with E-state index in [2.05, 4.69) is 25.9 Å². The van der Waals surface area contributed by atoms with Crippen molar-refractivity contribution in [3.05, 3.63) is 12.0 Å². The molecule has 1 aliphatic rings. The number of rotatable bonds is 3. The highest BCUT2D eigenvalue weighted by Gasteiger charge is 2.23. The summed E-state index contributed by atoms with van der Waals surface area (Å²) in [6.45, 7) is 0.672. The maximum Gasteiger partial charge on any atom is 0.242 e. The number of nitrogens with zero attached hydrogens (tertiary/aromatic N) is 2. The Kier molecular flexibility index (Phi) is 3.36. The highest BCUT2D eigenvalue weighted by Crippen LogP contribution is 2.15. The molecule has 3 N–H and O–H groups in total. The van der Waals surface area contributed by atoms with Gasteiger partial charge in [0.2, 0.25) is 11.9 Å². The zero-order chi connectivity index (χ0) is 12.3. The van der Waals surface area contributed by atoms with Gasteiger partial charge in [-0.3, -0.25) is 4.79 Å². The number of amides is 1. The molecule has 0 bridgehead atoms. The molecule has 0 aromatic carbocycles. The van der Waals surface area contributed by atoms with E-state index in [-0.39, 0.29) is 11.7 Å². The van der Waals surface area contributed by atoms with Crippen molar-refractivity contribution in [3.63, 3.8) is 0 Å². The predicted molar refractivity (Wildman–Crippen MR) is 61.2 cm³/mol. The first kappa shape index (κ1) is 11.6. The molecule has 0 aliphatic carbocycles. The van der Waals surface area contributed by atoms with Crippen molar-refractivity contribution in [3.8, 4) is 0 Å². The van der Waals surface area contributed by atoms with E-state index in [1.165, 1.54) is 0 Å². The first-order valence-electron chi connectivity index (χ1n) is 5.45. The van der Waals surface area contributed by atoms with E-state index in [4.69, 9.17) is 0 Å². The summed E-state index contributed by atoms with van der Waals surface area (Å²) in [4.78, 5) is 19.2. The van der Waals surface area contributed by atoms with Gasteiger partial charge in [0.05, 0.1) is 6.20 Å². The minimum Gasteiger partial charge on any atom is -0.357 e. The van der Waals surface area contributed by atoms with Crippen molar-refractivity contribution in [2.24, 2.45) is 0 Å². The number of aromatic nitrogens is 2. The van der Waals surface area contributed by atoms with E-state index in [1.54, 1.807) is 7.05 Å². The van der Waals surface area contributed by atoms with E-state index in [0.717, 1.165) is 12.6 Å². The molecule has 0 saturated carbocycles. The van der Waals surface area contributed by atoms with Crippen LogP contribution in [0.15, 0.2) is 6.20 Å². The lowest BCUT2D eigenvalue weighted by molar-refractivity contribution is -0.123. The van der Waals surface area contributed by atoms with Crippen LogP contribution in [0, 0.1) is 5.82 Å². The molecule has 0 radical (unpaired) electrons. The van der Waals surface area contributed by atoms with Gasteiger partial charge in [-0.1, -0.05) is 0 Å². The topological polar surface area (TPSA) is 78.9 Å². The van der Waals surface area contributed by atoms with Crippen LogP contribution in [0.4, 0.5) is 16.2 Å². The van der Waals surface area contributed by atoms with Gasteiger partial charge in [0.25, 0.3) is 0 Å². The Balaban J connectivity index is 2.14. The lowest BCUT2D eigenvalue weighted by Gasteiger charge is -2.23. The summed E-state index contributed by atoms with van der Waals surface area (Å²) in [6, 6.07) is -0.433. The zero-order valence-electron chi connectivity index (χ0n) is 9.46. The fourth-order valence-corrected chi connectivity index (χ4v) is 1.66. The molecule has 1 fully saturated rings. The van der Waals surface area contributed by atoms with Crippen LogP contribution in [0.3, 0.4) is 0 Å². The molecule has 1 aromatic rings. The average molecular weight is 239 g/mol. The molecule has 0 spiro atoms. The lowest BCUT2D eigenvalue weighted by atomic mass is 10.1. The molecule has 2 heterocycles. The van der Waals surface area contributed by atoms with Crippen LogP contribution < -0.4 is 16.0 Å². The summed E-state index contributed by atoms with van der Waals surface area (Å²) in [5.74, 6) is -0.334. The van der Waals surface area contributed by atoms with Crippen LogP contribution in [0.5, 0.6) is 0 Å². The second-order valence-corrected chi connectivity index (χ2v) is 3.77. The number of nitrogens with one attached hydrogen (secondary N) is 3. The first-order chi connectivity index (χ1) is 8.20. The van der Waals surface area contributed by atoms with E-state index in [0.29, 0.717) is 18.9 Å². The van der Waals surface area contributed by atoms with E-state index < -0.39 is 11.9 Å². The van der Waals surface area contributed by atoms with Crippen LogP contribution in [0.25, 0.3) is 0 Å². The molecule has 6 nitrogen and oxygen atoms in total. The predicted octanol–water partition coefficient (Wildman–Crippen LogP) is 0.348. The number of hydrogen-bond acceptors (Lipinski definition) is 5.